The van der Waals surface area contributed by atoms with Gasteiger partial charge < -0.3 is 70.0 Å². The maximum absolute atomic E-state index is 12.6. The fourth-order valence-corrected chi connectivity index (χ4v) is 7.55. The highest BCUT2D eigenvalue weighted by molar-refractivity contribution is 5.87. The molecule has 1 aliphatic rings. The van der Waals surface area contributed by atoms with E-state index in [0.29, 0.717) is 23.0 Å². The molecule has 0 aromatic heterocycles. The van der Waals surface area contributed by atoms with E-state index < -0.39 is 110 Å². The lowest BCUT2D eigenvalue weighted by molar-refractivity contribution is -0.317. The van der Waals surface area contributed by atoms with Gasteiger partial charge in [-0.3, -0.25) is 4.79 Å². The highest BCUT2D eigenvalue weighted by Gasteiger charge is 2.46. The van der Waals surface area contributed by atoms with Gasteiger partial charge in [0.1, 0.15) is 62.0 Å². The Labute approximate surface area is 350 Å². The zero-order valence-corrected chi connectivity index (χ0v) is 36.8. The number of carbonyl (C=O) groups excluding carboxylic acids is 2. The first-order chi connectivity index (χ1) is 27.4. The molecule has 16 nitrogen and oxygen atoms in total. The molecule has 1 fully saturated rings. The summed E-state index contributed by atoms with van der Waals surface area (Å²) >= 11 is 0. The Hall–Kier alpha value is -2.32. The monoisotopic (exact) mass is 849 g/mol. The number of hydrogen-bond acceptors (Lipinski definition) is 16. The zero-order valence-electron chi connectivity index (χ0n) is 36.8. The average molecular weight is 849 g/mol. The van der Waals surface area contributed by atoms with Crippen LogP contribution in [0.1, 0.15) is 95.4 Å². The molecule has 344 valence electrons. The zero-order chi connectivity index (χ0) is 45.5. The molecule has 1 saturated heterocycles. The van der Waals surface area contributed by atoms with E-state index in [2.05, 4.69) is 20.8 Å². The minimum absolute atomic E-state index is 0.0857. The van der Waals surface area contributed by atoms with Gasteiger partial charge in [-0.15, -0.1) is 0 Å². The predicted molar refractivity (Wildman–Crippen MR) is 218 cm³/mol. The lowest BCUT2D eigenvalue weighted by Gasteiger charge is -2.43. The first kappa shape index (κ1) is 54.7. The van der Waals surface area contributed by atoms with Gasteiger partial charge in [0, 0.05) is 30.3 Å². The standard InChI is InChI=1S/C43H76O16/c1-12-21(2)13-22(3)14-27(8)41(59-43-40(54)39(53)38(52)33(58-43)20-56-30(11)45)28(9)16-25(6)34(48)23(4)15-24(5)35(49)26(7)17-29(10)42(55)57-19-32(47)37(51)36(50)31(46)18-44/h15-17,21-23,26-28,31-41,43-44,46-54H,12-14,18-20H2,1-11H3/b24-15+,25-16+,29-17+/t21-,22-,23-,26-,27-,28-,31+,32+,33+,34-,35+,36+,37+,38+,39-,40+,41+,43-/m0/s1. The molecule has 0 bridgehead atoms. The topological polar surface area (TPSA) is 273 Å². The van der Waals surface area contributed by atoms with Crippen LogP contribution in [0.2, 0.25) is 0 Å². The molecule has 59 heavy (non-hydrogen) atoms. The van der Waals surface area contributed by atoms with E-state index in [1.54, 1.807) is 33.8 Å². The molecule has 16 heteroatoms. The molecule has 0 aromatic carbocycles. The largest absolute Gasteiger partial charge is 0.463 e. The summed E-state index contributed by atoms with van der Waals surface area (Å²) in [5.74, 6) is -2.10. The molecule has 0 unspecified atom stereocenters. The van der Waals surface area contributed by atoms with E-state index >= 15 is 0 Å². The van der Waals surface area contributed by atoms with Crippen molar-refractivity contribution in [2.75, 3.05) is 19.8 Å². The van der Waals surface area contributed by atoms with Crippen LogP contribution in [-0.2, 0) is 28.5 Å². The highest BCUT2D eigenvalue weighted by Crippen LogP contribution is 2.33. The van der Waals surface area contributed by atoms with Crippen LogP contribution in [0.5, 0.6) is 0 Å². The van der Waals surface area contributed by atoms with E-state index in [9.17, 15) is 55.5 Å². The van der Waals surface area contributed by atoms with Crippen LogP contribution in [-0.4, -0.2) is 156 Å². The van der Waals surface area contributed by atoms with Gasteiger partial charge in [0.05, 0.1) is 24.9 Å². The quantitative estimate of drug-likeness (QED) is 0.0352. The van der Waals surface area contributed by atoms with E-state index in [0.717, 1.165) is 19.3 Å². The van der Waals surface area contributed by atoms with Crippen LogP contribution < -0.4 is 0 Å². The van der Waals surface area contributed by atoms with Gasteiger partial charge in [0.15, 0.2) is 6.29 Å². The van der Waals surface area contributed by atoms with Crippen molar-refractivity contribution >= 4 is 11.9 Å². The molecule has 0 saturated carbocycles. The number of rotatable bonds is 25. The molecule has 10 N–H and O–H groups in total. The van der Waals surface area contributed by atoms with Crippen molar-refractivity contribution in [3.8, 4) is 0 Å². The lowest BCUT2D eigenvalue weighted by Crippen LogP contribution is -2.60. The fourth-order valence-electron chi connectivity index (χ4n) is 7.55. The Morgan fingerprint density at radius 1 is 0.678 bits per heavy atom. The number of aliphatic hydroxyl groups excluding tert-OH is 10. The number of hydrogen-bond donors (Lipinski definition) is 10. The lowest BCUT2D eigenvalue weighted by atomic mass is 9.82. The molecular formula is C43H76O16. The second-order valence-electron chi connectivity index (χ2n) is 17.0. The smallest absolute Gasteiger partial charge is 0.333 e. The second-order valence-corrected chi connectivity index (χ2v) is 17.0. The summed E-state index contributed by atoms with van der Waals surface area (Å²) in [5.41, 5.74) is 1.23. The van der Waals surface area contributed by atoms with Crippen molar-refractivity contribution in [2.24, 2.45) is 35.5 Å². The molecular weight excluding hydrogens is 772 g/mol. The van der Waals surface area contributed by atoms with E-state index in [1.165, 1.54) is 19.9 Å². The third-order valence-corrected chi connectivity index (χ3v) is 11.3. The summed E-state index contributed by atoms with van der Waals surface area (Å²) in [6.07, 6.45) is -9.18. The molecule has 1 aliphatic heterocycles. The molecule has 18 atom stereocenters. The number of ether oxygens (including phenoxy) is 4. The van der Waals surface area contributed by atoms with Crippen LogP contribution in [0, 0.1) is 35.5 Å². The van der Waals surface area contributed by atoms with Crippen LogP contribution in [0.25, 0.3) is 0 Å². The van der Waals surface area contributed by atoms with Gasteiger partial charge in [-0.05, 0) is 62.5 Å². The fraction of sp³-hybridized carbons (Fsp3) is 0.814. The molecule has 0 aromatic rings. The molecule has 0 amide bonds. The Kier molecular flexibility index (Phi) is 24.3. The maximum atomic E-state index is 12.6. The third-order valence-electron chi connectivity index (χ3n) is 11.3. The van der Waals surface area contributed by atoms with Crippen molar-refractivity contribution in [1.82, 2.24) is 0 Å². The van der Waals surface area contributed by atoms with Crippen molar-refractivity contribution in [2.45, 2.75) is 169 Å². The molecule has 0 aliphatic carbocycles. The van der Waals surface area contributed by atoms with Crippen LogP contribution >= 0.6 is 0 Å². The minimum atomic E-state index is -1.89. The average Bonchev–Trinajstić information content (AvgIpc) is 3.18. The van der Waals surface area contributed by atoms with Crippen molar-refractivity contribution in [3.05, 3.63) is 34.9 Å². The Morgan fingerprint density at radius 2 is 1.20 bits per heavy atom. The minimum Gasteiger partial charge on any atom is -0.463 e. The summed E-state index contributed by atoms with van der Waals surface area (Å²) in [5, 5.41) is 103. The Morgan fingerprint density at radius 3 is 1.73 bits per heavy atom. The molecule has 1 rings (SSSR count). The molecule has 0 radical (unpaired) electrons. The predicted octanol–water partition coefficient (Wildman–Crippen LogP) is 1.29. The SMILES string of the molecule is CC[C@H](C)C[C@H](C)C[C@H](C)[C@@H](O[C@@H]1O[C@H](COC(C)=O)[C@@H](O)[C@H](O)[C@H]1O)[C@@H](C)/C=C(\C)[C@@H](O)[C@@H](C)/C=C(\C)[C@@H](O)[C@@H](C)/C=C(\C)C(=O)OC[C@@H](O)[C@@H](O)[C@H](O)[C@H](O)CO. The Bertz CT molecular complexity index is 1350. The molecule has 1 heterocycles. The van der Waals surface area contributed by atoms with Gasteiger partial charge in [0.25, 0.3) is 0 Å². The maximum Gasteiger partial charge on any atom is 0.333 e. The third kappa shape index (κ3) is 17.5. The van der Waals surface area contributed by atoms with Crippen molar-refractivity contribution < 1.29 is 79.6 Å². The highest BCUT2D eigenvalue weighted by atomic mass is 16.7. The van der Waals surface area contributed by atoms with Gasteiger partial charge >= 0.3 is 11.9 Å². The van der Waals surface area contributed by atoms with Crippen molar-refractivity contribution in [1.29, 1.82) is 0 Å². The summed E-state index contributed by atoms with van der Waals surface area (Å²) in [7, 11) is 0. The number of esters is 2. The second kappa shape index (κ2) is 26.2. The normalized spacial score (nSPS) is 27.5. The van der Waals surface area contributed by atoms with Crippen LogP contribution in [0.4, 0.5) is 0 Å². The van der Waals surface area contributed by atoms with Crippen LogP contribution in [0.3, 0.4) is 0 Å². The van der Waals surface area contributed by atoms with Crippen molar-refractivity contribution in [3.63, 3.8) is 0 Å². The number of aliphatic hydroxyl groups is 10. The van der Waals surface area contributed by atoms with Gasteiger partial charge in [-0.25, -0.2) is 4.79 Å². The molecule has 0 spiro atoms. The summed E-state index contributed by atoms with van der Waals surface area (Å²) in [6, 6.07) is 0. The number of carbonyl (C=O) groups is 2. The van der Waals surface area contributed by atoms with Crippen LogP contribution in [0.15, 0.2) is 34.9 Å². The summed E-state index contributed by atoms with van der Waals surface area (Å²) in [6.45, 7) is 18.1. The first-order valence-electron chi connectivity index (χ1n) is 20.8. The van der Waals surface area contributed by atoms with Gasteiger partial charge in [0.2, 0.25) is 0 Å². The van der Waals surface area contributed by atoms with E-state index in [4.69, 9.17) is 24.1 Å². The summed E-state index contributed by atoms with van der Waals surface area (Å²) < 4.78 is 22.4. The summed E-state index contributed by atoms with van der Waals surface area (Å²) in [4.78, 5) is 24.0. The van der Waals surface area contributed by atoms with E-state index in [-0.39, 0.29) is 24.0 Å². The first-order valence-corrected chi connectivity index (χ1v) is 20.8. The van der Waals surface area contributed by atoms with Gasteiger partial charge in [-0.1, -0.05) is 73.1 Å². The van der Waals surface area contributed by atoms with E-state index in [1.807, 2.05) is 19.9 Å². The van der Waals surface area contributed by atoms with Gasteiger partial charge in [-0.2, -0.15) is 0 Å². The Balaban J connectivity index is 3.18.